The van der Waals surface area contributed by atoms with Crippen LogP contribution in [0.1, 0.15) is 134 Å². The van der Waals surface area contributed by atoms with Gasteiger partial charge in [0, 0.05) is 29.6 Å². The Labute approximate surface area is 258 Å². The summed E-state index contributed by atoms with van der Waals surface area (Å²) >= 11 is 0. The van der Waals surface area contributed by atoms with Crippen LogP contribution in [-0.4, -0.2) is 75.9 Å². The number of aromatic nitrogens is 15. The van der Waals surface area contributed by atoms with Gasteiger partial charge in [-0.1, -0.05) is 69.2 Å². The predicted octanol–water partition coefficient (Wildman–Crippen LogP) is 2.12. The first kappa shape index (κ1) is 37.9. The number of nitrogens with one attached hydrogen (secondary N) is 9. The first-order chi connectivity index (χ1) is 21.0. The molecule has 0 spiro atoms. The van der Waals surface area contributed by atoms with Gasteiger partial charge in [0.25, 0.3) is 0 Å². The fourth-order valence-corrected chi connectivity index (χ4v) is 2.84. The highest BCUT2D eigenvalue weighted by atomic mass is 16.2. The van der Waals surface area contributed by atoms with Crippen molar-refractivity contribution in [3.05, 3.63) is 76.9 Å². The number of rotatable bonds is 5. The average Bonchev–Trinajstić information content (AvgIpc) is 3.78. The zero-order valence-electron chi connectivity index (χ0n) is 27.7. The predicted molar refractivity (Wildman–Crippen MR) is 168 cm³/mol. The van der Waals surface area contributed by atoms with Crippen molar-refractivity contribution in [3.63, 3.8) is 0 Å². The summed E-state index contributed by atoms with van der Waals surface area (Å²) in [5, 5.41) is 30.8. The minimum atomic E-state index is -0.237. The van der Waals surface area contributed by atoms with E-state index in [4.69, 9.17) is 0 Å². The van der Waals surface area contributed by atoms with E-state index in [0.717, 1.165) is 11.6 Å². The summed E-state index contributed by atoms with van der Waals surface area (Å²) in [5.41, 5.74) is -0.949. The molecule has 0 atom stereocenters. The molecule has 19 heteroatoms. The summed E-state index contributed by atoms with van der Waals surface area (Å²) in [6.07, 6.45) is 0. The maximum atomic E-state index is 10.4. The highest BCUT2D eigenvalue weighted by Gasteiger charge is 2.04. The molecular formula is C26H47N15O4. The molecule has 0 amide bonds. The lowest BCUT2D eigenvalue weighted by Crippen LogP contribution is -2.01. The van der Waals surface area contributed by atoms with Crippen molar-refractivity contribution in [2.24, 2.45) is 0 Å². The van der Waals surface area contributed by atoms with Gasteiger partial charge in [-0.15, -0.1) is 0 Å². The fourth-order valence-electron chi connectivity index (χ4n) is 2.84. The molecule has 0 fully saturated rings. The van der Waals surface area contributed by atoms with Gasteiger partial charge in [0.2, 0.25) is 0 Å². The normalized spacial score (nSPS) is 10.6. The summed E-state index contributed by atoms with van der Waals surface area (Å²) in [4.78, 5) is 56.0. The third-order valence-corrected chi connectivity index (χ3v) is 5.40. The molecular weight excluding hydrogens is 586 g/mol. The Hall–Kier alpha value is -5.10. The smallest absolute Gasteiger partial charge is 0.293 e. The Morgan fingerprint density at radius 2 is 0.667 bits per heavy atom. The van der Waals surface area contributed by atoms with E-state index >= 15 is 0 Å². The van der Waals surface area contributed by atoms with Gasteiger partial charge in [-0.2, -0.15) is 25.5 Å². The van der Waals surface area contributed by atoms with Crippen molar-refractivity contribution in [1.82, 2.24) is 75.9 Å². The van der Waals surface area contributed by atoms with Gasteiger partial charge in [-0.05, 0) is 6.92 Å². The molecule has 5 aromatic heterocycles. The van der Waals surface area contributed by atoms with Crippen LogP contribution in [0.3, 0.4) is 0 Å². The first-order valence-corrected chi connectivity index (χ1v) is 14.5. The van der Waals surface area contributed by atoms with Crippen molar-refractivity contribution in [2.75, 3.05) is 0 Å². The second-order valence-electron chi connectivity index (χ2n) is 11.3. The fraction of sp³-hybridized carbons (Fsp3) is 0.615. The SMILES string of the molecule is CC(C)c1n[nH]c(=O)[nH]1.CC(C)c1n[nH]c(=O)[nH]1.CC(C)c1n[nH]c(=O)[nH]1.CC(C)c1n[nH]c(=O)[nH]1.Cc1nc(C(C)C)n[nH]1. The molecule has 0 aliphatic carbocycles. The summed E-state index contributed by atoms with van der Waals surface area (Å²) in [7, 11) is 0. The summed E-state index contributed by atoms with van der Waals surface area (Å²) < 4.78 is 0. The molecule has 0 aromatic carbocycles. The van der Waals surface area contributed by atoms with E-state index in [-0.39, 0.29) is 46.4 Å². The number of aryl methyl sites for hydroxylation is 1. The molecule has 0 saturated heterocycles. The number of aromatic amines is 9. The number of H-pyrrole nitrogens is 9. The Morgan fingerprint density at radius 3 is 0.756 bits per heavy atom. The number of hydrogen-bond donors (Lipinski definition) is 9. The van der Waals surface area contributed by atoms with Crippen LogP contribution in [0.25, 0.3) is 0 Å². The molecule has 250 valence electrons. The number of nitrogens with zero attached hydrogens (tertiary/aromatic N) is 6. The lowest BCUT2D eigenvalue weighted by atomic mass is 10.2. The van der Waals surface area contributed by atoms with Crippen LogP contribution in [-0.2, 0) is 0 Å². The minimum absolute atomic E-state index is 0.237. The summed E-state index contributed by atoms with van der Waals surface area (Å²) in [6, 6.07) is 0. The minimum Gasteiger partial charge on any atom is -0.293 e. The Balaban J connectivity index is 0.000000281. The standard InChI is InChI=1S/C6H11N3.4C5H9N3O/c1-4(2)6-7-5(3)8-9-6;4*1-3(2)4-6-5(9)8-7-4/h4H,1-3H3,(H,7,8,9);4*3H,1-2H3,(H2,6,7,8,9). The van der Waals surface area contributed by atoms with Gasteiger partial charge in [0.05, 0.1) is 0 Å². The maximum absolute atomic E-state index is 10.4. The first-order valence-electron chi connectivity index (χ1n) is 14.5. The van der Waals surface area contributed by atoms with Crippen LogP contribution < -0.4 is 22.8 Å². The second-order valence-corrected chi connectivity index (χ2v) is 11.3. The zero-order chi connectivity index (χ0) is 34.3. The van der Waals surface area contributed by atoms with Gasteiger partial charge in [0.1, 0.15) is 29.1 Å². The molecule has 0 aliphatic rings. The Bertz CT molecular complexity index is 1510. The highest BCUT2D eigenvalue weighted by molar-refractivity contribution is 4.92. The van der Waals surface area contributed by atoms with Crippen LogP contribution in [0.15, 0.2) is 19.2 Å². The van der Waals surface area contributed by atoms with E-state index in [0.29, 0.717) is 29.2 Å². The molecule has 0 aliphatic heterocycles. The van der Waals surface area contributed by atoms with Crippen molar-refractivity contribution in [1.29, 1.82) is 0 Å². The van der Waals surface area contributed by atoms with Crippen molar-refractivity contribution >= 4 is 0 Å². The zero-order valence-corrected chi connectivity index (χ0v) is 27.7. The summed E-state index contributed by atoms with van der Waals surface area (Å²) in [6.45, 7) is 21.8. The van der Waals surface area contributed by atoms with Crippen LogP contribution in [0.2, 0.25) is 0 Å². The quantitative estimate of drug-likeness (QED) is 0.136. The molecule has 5 aromatic rings. The van der Waals surface area contributed by atoms with Crippen LogP contribution in [0, 0.1) is 6.92 Å². The molecule has 5 rings (SSSR count). The van der Waals surface area contributed by atoms with E-state index in [1.807, 2.05) is 62.3 Å². The van der Waals surface area contributed by atoms with Crippen molar-refractivity contribution < 1.29 is 0 Å². The molecule has 0 radical (unpaired) electrons. The van der Waals surface area contributed by atoms with E-state index in [1.165, 1.54) is 0 Å². The Morgan fingerprint density at radius 1 is 0.400 bits per heavy atom. The van der Waals surface area contributed by atoms with Crippen LogP contribution >= 0.6 is 0 Å². The molecule has 19 nitrogen and oxygen atoms in total. The topological polar surface area (TPSA) is 288 Å². The van der Waals surface area contributed by atoms with E-state index < -0.39 is 0 Å². The second kappa shape index (κ2) is 18.5. The molecule has 0 unspecified atom stereocenters. The highest BCUT2D eigenvalue weighted by Crippen LogP contribution is 2.07. The third-order valence-electron chi connectivity index (χ3n) is 5.40. The van der Waals surface area contributed by atoms with Crippen molar-refractivity contribution in [2.45, 2.75) is 106 Å². The summed E-state index contributed by atoms with van der Waals surface area (Å²) in [5.74, 6) is 6.17. The molecule has 0 saturated carbocycles. The van der Waals surface area contributed by atoms with Gasteiger partial charge in [-0.25, -0.2) is 44.6 Å². The van der Waals surface area contributed by atoms with Crippen molar-refractivity contribution in [3.8, 4) is 0 Å². The van der Waals surface area contributed by atoms with E-state index in [1.54, 1.807) is 0 Å². The number of hydrogen-bond acceptors (Lipinski definition) is 10. The lowest BCUT2D eigenvalue weighted by molar-refractivity contribution is 0.780. The van der Waals surface area contributed by atoms with Gasteiger partial charge in [-0.3, -0.25) is 25.0 Å². The third kappa shape index (κ3) is 14.8. The van der Waals surface area contributed by atoms with Crippen LogP contribution in [0.5, 0.6) is 0 Å². The van der Waals surface area contributed by atoms with E-state index in [2.05, 4.69) is 89.8 Å². The monoisotopic (exact) mass is 633 g/mol. The van der Waals surface area contributed by atoms with Gasteiger partial charge < -0.3 is 0 Å². The lowest BCUT2D eigenvalue weighted by Gasteiger charge is -1.93. The van der Waals surface area contributed by atoms with Gasteiger partial charge >= 0.3 is 22.8 Å². The maximum Gasteiger partial charge on any atom is 0.340 e. The van der Waals surface area contributed by atoms with Gasteiger partial charge in [0.15, 0.2) is 5.82 Å². The molecule has 0 bridgehead atoms. The molecule has 5 heterocycles. The van der Waals surface area contributed by atoms with E-state index in [9.17, 15) is 19.2 Å². The average molecular weight is 634 g/mol. The Kier molecular flexibility index (Phi) is 15.6. The largest absolute Gasteiger partial charge is 0.340 e. The molecule has 45 heavy (non-hydrogen) atoms. The van der Waals surface area contributed by atoms with Crippen LogP contribution in [0.4, 0.5) is 0 Å². The molecule has 9 N–H and O–H groups in total.